The van der Waals surface area contributed by atoms with E-state index in [0.29, 0.717) is 43.6 Å². The lowest BCUT2D eigenvalue weighted by Crippen LogP contribution is -2.41. The number of morpholine rings is 1. The number of fused-ring (bicyclic) bond motifs is 1. The quantitative estimate of drug-likeness (QED) is 0.223. The normalized spacial score (nSPS) is 13.6. The van der Waals surface area contributed by atoms with E-state index in [1.807, 2.05) is 42.5 Å². The molecule has 1 fully saturated rings. The largest absolute Gasteiger partial charge is 0.489 e. The SMILES string of the molecule is Cc1c(-c2cc(NC(=O)Nc3ccc(OCCOC(=O)N4CCOCC4)c4ccccc34)[nH]n2)cccc1C(C)(C)C. The molecular formula is C32H37N5O5. The van der Waals surface area contributed by atoms with Crippen LogP contribution in [-0.4, -0.2) is 66.7 Å². The van der Waals surface area contributed by atoms with E-state index in [0.717, 1.165) is 27.6 Å². The van der Waals surface area contributed by atoms with Gasteiger partial charge >= 0.3 is 12.1 Å². The molecule has 0 radical (unpaired) electrons. The molecule has 42 heavy (non-hydrogen) atoms. The highest BCUT2D eigenvalue weighted by Gasteiger charge is 2.20. The molecule has 3 N–H and O–H groups in total. The number of ether oxygens (including phenoxy) is 3. The molecule has 0 aliphatic carbocycles. The predicted molar refractivity (Wildman–Crippen MR) is 163 cm³/mol. The van der Waals surface area contributed by atoms with Crippen molar-refractivity contribution in [3.8, 4) is 17.0 Å². The number of anilines is 2. The zero-order valence-corrected chi connectivity index (χ0v) is 24.5. The van der Waals surface area contributed by atoms with Gasteiger partial charge in [-0.15, -0.1) is 0 Å². The first-order valence-electron chi connectivity index (χ1n) is 14.1. The van der Waals surface area contributed by atoms with Crippen LogP contribution in [0.15, 0.2) is 60.7 Å². The highest BCUT2D eigenvalue weighted by atomic mass is 16.6. The maximum atomic E-state index is 13.0. The third-order valence-corrected chi connectivity index (χ3v) is 7.21. The Morgan fingerprint density at radius 2 is 1.74 bits per heavy atom. The maximum Gasteiger partial charge on any atom is 0.410 e. The first kappa shape index (κ1) is 28.9. The van der Waals surface area contributed by atoms with Gasteiger partial charge in [0.1, 0.15) is 24.8 Å². The van der Waals surface area contributed by atoms with E-state index in [2.05, 4.69) is 54.6 Å². The molecule has 0 unspecified atom stereocenters. The number of nitrogens with zero attached hydrogens (tertiary/aromatic N) is 2. The number of hydrogen-bond donors (Lipinski definition) is 3. The first-order chi connectivity index (χ1) is 20.2. The smallest absolute Gasteiger partial charge is 0.410 e. The number of carbonyl (C=O) groups is 2. The van der Waals surface area contributed by atoms with Crippen molar-refractivity contribution >= 4 is 34.4 Å². The molecule has 10 nitrogen and oxygen atoms in total. The van der Waals surface area contributed by atoms with Gasteiger partial charge in [0.2, 0.25) is 0 Å². The Balaban J connectivity index is 1.21. The second-order valence-electron chi connectivity index (χ2n) is 11.2. The van der Waals surface area contributed by atoms with Crippen molar-refractivity contribution in [2.45, 2.75) is 33.1 Å². The highest BCUT2D eigenvalue weighted by Crippen LogP contribution is 2.33. The van der Waals surface area contributed by atoms with Gasteiger partial charge in [0.15, 0.2) is 0 Å². The monoisotopic (exact) mass is 571 g/mol. The number of rotatable bonds is 7. The molecule has 2 heterocycles. The Kier molecular flexibility index (Phi) is 8.63. The van der Waals surface area contributed by atoms with Crippen LogP contribution in [0.3, 0.4) is 0 Å². The Labute approximate surface area is 245 Å². The topological polar surface area (TPSA) is 118 Å². The molecule has 0 atom stereocenters. The summed E-state index contributed by atoms with van der Waals surface area (Å²) < 4.78 is 16.5. The molecule has 10 heteroatoms. The first-order valence-corrected chi connectivity index (χ1v) is 14.1. The molecule has 5 rings (SSSR count). The number of H-pyrrole nitrogens is 1. The second-order valence-corrected chi connectivity index (χ2v) is 11.2. The molecule has 1 aliphatic heterocycles. The lowest BCUT2D eigenvalue weighted by molar-refractivity contribution is 0.0240. The summed E-state index contributed by atoms with van der Waals surface area (Å²) in [5.41, 5.74) is 4.83. The van der Waals surface area contributed by atoms with E-state index in [1.165, 1.54) is 5.56 Å². The van der Waals surface area contributed by atoms with Crippen LogP contribution < -0.4 is 15.4 Å². The van der Waals surface area contributed by atoms with Crippen LogP contribution in [0.4, 0.5) is 21.1 Å². The molecule has 220 valence electrons. The minimum Gasteiger partial charge on any atom is -0.489 e. The van der Waals surface area contributed by atoms with Gasteiger partial charge in [-0.1, -0.05) is 63.2 Å². The van der Waals surface area contributed by atoms with Crippen LogP contribution in [0.25, 0.3) is 22.0 Å². The number of benzene rings is 3. The van der Waals surface area contributed by atoms with Gasteiger partial charge in [0.05, 0.1) is 24.6 Å². The van der Waals surface area contributed by atoms with Crippen molar-refractivity contribution in [1.82, 2.24) is 15.1 Å². The number of nitrogens with one attached hydrogen (secondary N) is 3. The molecule has 1 saturated heterocycles. The number of amides is 3. The Hall–Kier alpha value is -4.57. The predicted octanol–water partition coefficient (Wildman–Crippen LogP) is 6.33. The van der Waals surface area contributed by atoms with E-state index in [9.17, 15) is 9.59 Å². The van der Waals surface area contributed by atoms with Gasteiger partial charge in [0, 0.05) is 35.5 Å². The average Bonchev–Trinajstić information content (AvgIpc) is 3.44. The van der Waals surface area contributed by atoms with E-state index < -0.39 is 6.03 Å². The van der Waals surface area contributed by atoms with Crippen LogP contribution in [0.5, 0.6) is 5.75 Å². The molecule has 3 amide bonds. The molecule has 0 bridgehead atoms. The molecule has 1 aromatic heterocycles. The summed E-state index contributed by atoms with van der Waals surface area (Å²) in [5.74, 6) is 1.11. The summed E-state index contributed by atoms with van der Waals surface area (Å²) in [6, 6.07) is 18.8. The summed E-state index contributed by atoms with van der Waals surface area (Å²) >= 11 is 0. The van der Waals surface area contributed by atoms with Crippen molar-refractivity contribution in [3.63, 3.8) is 0 Å². The van der Waals surface area contributed by atoms with Crippen molar-refractivity contribution in [1.29, 1.82) is 0 Å². The Bertz CT molecular complexity index is 1570. The lowest BCUT2D eigenvalue weighted by atomic mass is 9.82. The summed E-state index contributed by atoms with van der Waals surface area (Å²) in [4.78, 5) is 26.8. The molecule has 4 aromatic rings. The molecular weight excluding hydrogens is 534 g/mol. The van der Waals surface area contributed by atoms with Crippen molar-refractivity contribution in [2.24, 2.45) is 0 Å². The zero-order chi connectivity index (χ0) is 29.7. The van der Waals surface area contributed by atoms with E-state index in [1.54, 1.807) is 17.0 Å². The third-order valence-electron chi connectivity index (χ3n) is 7.21. The number of aromatic nitrogens is 2. The van der Waals surface area contributed by atoms with Crippen molar-refractivity contribution < 1.29 is 23.8 Å². The Morgan fingerprint density at radius 1 is 0.976 bits per heavy atom. The van der Waals surface area contributed by atoms with Gasteiger partial charge in [-0.3, -0.25) is 10.4 Å². The van der Waals surface area contributed by atoms with E-state index in [4.69, 9.17) is 14.2 Å². The number of aromatic amines is 1. The van der Waals surface area contributed by atoms with Crippen LogP contribution >= 0.6 is 0 Å². The number of urea groups is 1. The van der Waals surface area contributed by atoms with Crippen LogP contribution in [0.2, 0.25) is 0 Å². The van der Waals surface area contributed by atoms with E-state index in [-0.39, 0.29) is 24.7 Å². The van der Waals surface area contributed by atoms with Gasteiger partial charge in [0.25, 0.3) is 0 Å². The minimum atomic E-state index is -0.404. The second kappa shape index (κ2) is 12.5. The molecule has 3 aromatic carbocycles. The fraction of sp³-hybridized carbons (Fsp3) is 0.344. The highest BCUT2D eigenvalue weighted by molar-refractivity contribution is 6.07. The summed E-state index contributed by atoms with van der Waals surface area (Å²) in [7, 11) is 0. The average molecular weight is 572 g/mol. The fourth-order valence-electron chi connectivity index (χ4n) is 5.15. The lowest BCUT2D eigenvalue weighted by Gasteiger charge is -2.25. The third kappa shape index (κ3) is 6.66. The molecule has 1 aliphatic rings. The number of hydrogen-bond acceptors (Lipinski definition) is 6. The Morgan fingerprint density at radius 3 is 2.50 bits per heavy atom. The van der Waals surface area contributed by atoms with Gasteiger partial charge in [-0.25, -0.2) is 9.59 Å². The van der Waals surface area contributed by atoms with Crippen molar-refractivity contribution in [3.05, 3.63) is 71.8 Å². The summed E-state index contributed by atoms with van der Waals surface area (Å²) in [6.45, 7) is 11.1. The van der Waals surface area contributed by atoms with Crippen molar-refractivity contribution in [2.75, 3.05) is 50.2 Å². The number of carbonyl (C=O) groups excluding carboxylic acids is 2. The van der Waals surface area contributed by atoms with Gasteiger partial charge in [-0.05, 0) is 35.6 Å². The van der Waals surface area contributed by atoms with E-state index >= 15 is 0 Å². The van der Waals surface area contributed by atoms with Gasteiger partial charge < -0.3 is 24.4 Å². The molecule has 0 saturated carbocycles. The maximum absolute atomic E-state index is 13.0. The zero-order valence-electron chi connectivity index (χ0n) is 24.5. The summed E-state index contributed by atoms with van der Waals surface area (Å²) in [6.07, 6.45) is -0.365. The van der Waals surface area contributed by atoms with Crippen LogP contribution in [-0.2, 0) is 14.9 Å². The minimum absolute atomic E-state index is 0.0105. The fourth-order valence-corrected chi connectivity index (χ4v) is 5.15. The summed E-state index contributed by atoms with van der Waals surface area (Å²) in [5, 5.41) is 14.8. The molecule has 0 spiro atoms. The standard InChI is InChI=1S/C32H37N5O5/c1-21-22(10-7-11-25(21)32(2,3)4)27-20-29(36-35-27)34-30(38)33-26-12-13-28(24-9-6-5-8-23(24)26)41-18-19-42-31(39)37-14-16-40-17-15-37/h5-13,20H,14-19H2,1-4H3,(H3,33,34,35,36,38). The van der Waals surface area contributed by atoms with Crippen LogP contribution in [0.1, 0.15) is 31.9 Å². The van der Waals surface area contributed by atoms with Crippen LogP contribution in [0, 0.1) is 6.92 Å². The van der Waals surface area contributed by atoms with Gasteiger partial charge in [-0.2, -0.15) is 5.10 Å².